The minimum absolute atomic E-state index is 0.168. The first kappa shape index (κ1) is 20.0. The summed E-state index contributed by atoms with van der Waals surface area (Å²) < 4.78 is 11.9. The Bertz CT molecular complexity index is 820. The van der Waals surface area contributed by atoms with Gasteiger partial charge in [-0.1, -0.05) is 19.1 Å². The van der Waals surface area contributed by atoms with Gasteiger partial charge in [0, 0.05) is 30.6 Å². The van der Waals surface area contributed by atoms with Crippen LogP contribution in [0.4, 0.5) is 5.82 Å². The maximum atomic E-state index is 10.7. The number of rotatable bonds is 6. The summed E-state index contributed by atoms with van der Waals surface area (Å²) in [7, 11) is 1.69. The zero-order valence-corrected chi connectivity index (χ0v) is 17.7. The van der Waals surface area contributed by atoms with Crippen molar-refractivity contribution in [2.24, 2.45) is 5.41 Å². The third-order valence-corrected chi connectivity index (χ3v) is 6.84. The molecule has 1 saturated carbocycles. The molecule has 29 heavy (non-hydrogen) atoms. The molecule has 0 spiro atoms. The summed E-state index contributed by atoms with van der Waals surface area (Å²) in [5.41, 5.74) is 0.900. The number of aliphatic hydroxyl groups is 1. The fourth-order valence-corrected chi connectivity index (χ4v) is 4.83. The van der Waals surface area contributed by atoms with Gasteiger partial charge < -0.3 is 19.5 Å². The smallest absolute Gasteiger partial charge is 0.161 e. The summed E-state index contributed by atoms with van der Waals surface area (Å²) >= 11 is 0. The van der Waals surface area contributed by atoms with Crippen LogP contribution in [0.15, 0.2) is 42.6 Å². The molecule has 4 rings (SSSR count). The molecule has 1 aliphatic carbocycles. The second kappa shape index (κ2) is 8.23. The lowest BCUT2D eigenvalue weighted by atomic mass is 9.72. The maximum absolute atomic E-state index is 10.7. The molecule has 3 atom stereocenters. The Balaban J connectivity index is 1.65. The molecular weight excluding hydrogens is 364 g/mol. The van der Waals surface area contributed by atoms with Crippen LogP contribution in [-0.2, 0) is 0 Å². The number of methoxy groups -OCH3 is 1. The van der Waals surface area contributed by atoms with Crippen molar-refractivity contribution in [1.29, 1.82) is 0 Å². The van der Waals surface area contributed by atoms with Crippen LogP contribution < -0.4 is 14.4 Å². The van der Waals surface area contributed by atoms with E-state index in [0.717, 1.165) is 43.2 Å². The number of anilines is 1. The predicted octanol–water partition coefficient (Wildman–Crippen LogP) is 4.40. The highest BCUT2D eigenvalue weighted by Crippen LogP contribution is 2.47. The molecular formula is C24H32N2O3. The number of nitrogens with zero attached hydrogens (tertiary/aromatic N) is 2. The van der Waals surface area contributed by atoms with Crippen molar-refractivity contribution in [3.05, 3.63) is 48.2 Å². The molecule has 5 heteroatoms. The summed E-state index contributed by atoms with van der Waals surface area (Å²) in [6.07, 6.45) is 6.33. The molecule has 2 aromatic rings. The van der Waals surface area contributed by atoms with E-state index in [1.807, 2.05) is 37.4 Å². The van der Waals surface area contributed by atoms with Gasteiger partial charge in [0.1, 0.15) is 5.82 Å². The first-order valence-electron chi connectivity index (χ1n) is 10.7. The summed E-state index contributed by atoms with van der Waals surface area (Å²) in [6, 6.07) is 12.2. The van der Waals surface area contributed by atoms with Gasteiger partial charge in [0.15, 0.2) is 11.5 Å². The van der Waals surface area contributed by atoms with Crippen molar-refractivity contribution in [2.75, 3.05) is 25.1 Å². The molecule has 2 fully saturated rings. The largest absolute Gasteiger partial charge is 0.493 e. The number of aliphatic hydroxyl groups excluding tert-OH is 1. The van der Waals surface area contributed by atoms with Gasteiger partial charge in [-0.15, -0.1) is 0 Å². The van der Waals surface area contributed by atoms with Gasteiger partial charge >= 0.3 is 0 Å². The van der Waals surface area contributed by atoms with Crippen molar-refractivity contribution in [1.82, 2.24) is 4.98 Å². The van der Waals surface area contributed by atoms with E-state index < -0.39 is 6.10 Å². The second-order valence-corrected chi connectivity index (χ2v) is 8.74. The number of ether oxygens (including phenoxy) is 2. The number of benzene rings is 1. The molecule has 0 radical (unpaired) electrons. The molecule has 1 aromatic heterocycles. The van der Waals surface area contributed by atoms with Crippen molar-refractivity contribution in [3.8, 4) is 11.5 Å². The van der Waals surface area contributed by atoms with Gasteiger partial charge in [-0.2, -0.15) is 0 Å². The molecule has 1 N–H and O–H groups in total. The van der Waals surface area contributed by atoms with Crippen LogP contribution in [0.2, 0.25) is 0 Å². The number of hydrogen-bond acceptors (Lipinski definition) is 5. The summed E-state index contributed by atoms with van der Waals surface area (Å²) in [4.78, 5) is 6.80. The molecule has 1 aromatic carbocycles. The number of pyridine rings is 1. The molecule has 0 bridgehead atoms. The van der Waals surface area contributed by atoms with Crippen molar-refractivity contribution >= 4 is 5.82 Å². The maximum Gasteiger partial charge on any atom is 0.161 e. The van der Waals surface area contributed by atoms with Gasteiger partial charge in [-0.3, -0.25) is 0 Å². The lowest BCUT2D eigenvalue weighted by molar-refractivity contribution is 0.0558. The molecule has 2 aliphatic rings. The van der Waals surface area contributed by atoms with Gasteiger partial charge in [0.2, 0.25) is 0 Å². The fourth-order valence-electron chi connectivity index (χ4n) is 4.83. The van der Waals surface area contributed by atoms with E-state index in [1.54, 1.807) is 7.11 Å². The van der Waals surface area contributed by atoms with E-state index in [-0.39, 0.29) is 17.4 Å². The summed E-state index contributed by atoms with van der Waals surface area (Å²) in [6.45, 7) is 5.65. The van der Waals surface area contributed by atoms with Gasteiger partial charge in [0.05, 0.1) is 19.3 Å². The summed E-state index contributed by atoms with van der Waals surface area (Å²) in [5.74, 6) is 2.72. The quantitative estimate of drug-likeness (QED) is 0.784. The van der Waals surface area contributed by atoms with Crippen LogP contribution in [0.1, 0.15) is 51.0 Å². The van der Waals surface area contributed by atoms with Crippen LogP contribution in [-0.4, -0.2) is 42.5 Å². The van der Waals surface area contributed by atoms with Crippen molar-refractivity contribution in [2.45, 2.75) is 57.7 Å². The van der Waals surface area contributed by atoms with E-state index in [9.17, 15) is 5.11 Å². The Hall–Kier alpha value is -2.27. The minimum atomic E-state index is -0.442. The molecule has 156 valence electrons. The first-order valence-corrected chi connectivity index (χ1v) is 10.7. The van der Waals surface area contributed by atoms with Gasteiger partial charge in [0.25, 0.3) is 0 Å². The van der Waals surface area contributed by atoms with E-state index in [1.165, 1.54) is 18.4 Å². The molecule has 1 aliphatic heterocycles. The molecule has 2 heterocycles. The Morgan fingerprint density at radius 3 is 2.62 bits per heavy atom. The Kier molecular flexibility index (Phi) is 5.68. The second-order valence-electron chi connectivity index (χ2n) is 8.74. The lowest BCUT2D eigenvalue weighted by Crippen LogP contribution is -2.37. The molecule has 0 amide bonds. The lowest BCUT2D eigenvalue weighted by Gasteiger charge is -2.34. The molecule has 1 saturated heterocycles. The average Bonchev–Trinajstić information content (AvgIpc) is 3.37. The number of hydrogen-bond donors (Lipinski definition) is 1. The van der Waals surface area contributed by atoms with E-state index in [4.69, 9.17) is 9.47 Å². The van der Waals surface area contributed by atoms with Crippen molar-refractivity contribution in [3.63, 3.8) is 0 Å². The van der Waals surface area contributed by atoms with Crippen LogP contribution in [0.3, 0.4) is 0 Å². The van der Waals surface area contributed by atoms with Crippen molar-refractivity contribution < 1.29 is 14.6 Å². The van der Waals surface area contributed by atoms with Crippen LogP contribution in [0.25, 0.3) is 0 Å². The Labute approximate surface area is 173 Å². The van der Waals surface area contributed by atoms with E-state index in [0.29, 0.717) is 0 Å². The topological polar surface area (TPSA) is 54.8 Å². The monoisotopic (exact) mass is 396 g/mol. The normalized spacial score (nSPS) is 25.9. The van der Waals surface area contributed by atoms with E-state index in [2.05, 4.69) is 28.9 Å². The Morgan fingerprint density at radius 1 is 1.17 bits per heavy atom. The van der Waals surface area contributed by atoms with Crippen LogP contribution in [0.5, 0.6) is 11.5 Å². The average molecular weight is 397 g/mol. The highest BCUT2D eigenvalue weighted by molar-refractivity contribution is 5.48. The number of aromatic nitrogens is 1. The standard InChI is InChI=1S/C24H32N2O3/c1-17(27)24(2)16-26(23-10-6-7-13-25-23)15-20(24)18-11-12-21(28-3)22(14-18)29-19-8-4-5-9-19/h6-7,10-14,17,19-20,27H,4-5,8-9,15-16H2,1-3H3. The van der Waals surface area contributed by atoms with E-state index >= 15 is 0 Å². The molecule has 5 nitrogen and oxygen atoms in total. The third-order valence-electron chi connectivity index (χ3n) is 6.84. The minimum Gasteiger partial charge on any atom is -0.493 e. The highest BCUT2D eigenvalue weighted by atomic mass is 16.5. The Morgan fingerprint density at radius 2 is 1.97 bits per heavy atom. The summed E-state index contributed by atoms with van der Waals surface area (Å²) in [5, 5.41) is 10.7. The zero-order valence-electron chi connectivity index (χ0n) is 17.7. The third kappa shape index (κ3) is 3.93. The van der Waals surface area contributed by atoms with Gasteiger partial charge in [-0.05, 0) is 62.4 Å². The molecule has 3 unspecified atom stereocenters. The highest BCUT2D eigenvalue weighted by Gasteiger charge is 2.47. The fraction of sp³-hybridized carbons (Fsp3) is 0.542. The first-order chi connectivity index (χ1) is 14.0. The predicted molar refractivity (Wildman–Crippen MR) is 115 cm³/mol. The van der Waals surface area contributed by atoms with Crippen LogP contribution in [0, 0.1) is 5.41 Å². The van der Waals surface area contributed by atoms with Gasteiger partial charge in [-0.25, -0.2) is 4.98 Å². The SMILES string of the molecule is COc1ccc(C2CN(c3ccccn3)CC2(C)C(C)O)cc1OC1CCCC1. The zero-order chi connectivity index (χ0) is 20.4. The van der Waals surface area contributed by atoms with Crippen LogP contribution >= 0.6 is 0 Å².